The van der Waals surface area contributed by atoms with Crippen molar-refractivity contribution in [2.45, 2.75) is 0 Å². The fourth-order valence-electron chi connectivity index (χ4n) is 10.5. The Labute approximate surface area is 401 Å². The topological polar surface area (TPSA) is 48.5 Å². The maximum absolute atomic E-state index is 5.32. The minimum absolute atomic E-state index is 0.629. The van der Waals surface area contributed by atoms with Gasteiger partial charge >= 0.3 is 0 Å². The highest BCUT2D eigenvalue weighted by Gasteiger charge is 2.24. The fraction of sp³-hybridized carbons (Fsp3) is 0. The smallest absolute Gasteiger partial charge is 0.164 e. The number of para-hydroxylation sites is 4. The highest BCUT2D eigenvalue weighted by molar-refractivity contribution is 7.26. The third-order valence-corrected chi connectivity index (χ3v) is 14.8. The van der Waals surface area contributed by atoms with Gasteiger partial charge in [0.15, 0.2) is 17.5 Å². The monoisotopic (exact) mass is 897 g/mol. The van der Waals surface area contributed by atoms with Gasteiger partial charge in [0.25, 0.3) is 0 Å². The average molecular weight is 898 g/mol. The molecular weight excluding hydrogens is 859 g/mol. The Morgan fingerprint density at radius 2 is 0.812 bits per heavy atom. The van der Waals surface area contributed by atoms with Crippen LogP contribution >= 0.6 is 11.3 Å². The van der Waals surface area contributed by atoms with Crippen LogP contribution < -0.4 is 0 Å². The molecule has 0 unspecified atom stereocenters. The summed E-state index contributed by atoms with van der Waals surface area (Å²) in [4.78, 5) is 15.7. The van der Waals surface area contributed by atoms with Gasteiger partial charge in [-0.25, -0.2) is 15.0 Å². The number of benzene rings is 10. The normalized spacial score (nSPS) is 11.8. The first-order valence-electron chi connectivity index (χ1n) is 23.3. The van der Waals surface area contributed by atoms with Gasteiger partial charge in [0.2, 0.25) is 0 Å². The molecule has 0 saturated carbocycles. The van der Waals surface area contributed by atoms with Gasteiger partial charge in [-0.3, -0.25) is 0 Å². The molecule has 4 heterocycles. The summed E-state index contributed by atoms with van der Waals surface area (Å²) < 4.78 is 7.34. The van der Waals surface area contributed by atoms with Gasteiger partial charge in [-0.05, 0) is 64.7 Å². The van der Waals surface area contributed by atoms with Crippen LogP contribution in [0.15, 0.2) is 237 Å². The minimum Gasteiger partial charge on any atom is -0.307 e. The van der Waals surface area contributed by atoms with Gasteiger partial charge in [0.1, 0.15) is 0 Å². The second-order valence-electron chi connectivity index (χ2n) is 17.5. The van der Waals surface area contributed by atoms with E-state index in [-0.39, 0.29) is 0 Å². The molecule has 322 valence electrons. The zero-order valence-electron chi connectivity index (χ0n) is 37.2. The number of rotatable bonds is 7. The summed E-state index contributed by atoms with van der Waals surface area (Å²) in [7, 11) is 0. The van der Waals surface area contributed by atoms with Crippen molar-refractivity contribution in [3.05, 3.63) is 237 Å². The van der Waals surface area contributed by atoms with Crippen molar-refractivity contribution in [1.29, 1.82) is 0 Å². The molecule has 0 N–H and O–H groups in total. The standard InChI is InChI=1S/C63H39N5S/c1-4-17-40(18-5-1)44-21-14-22-45(39-44)41-33-35-43(36-34-41)62-64-61(42-19-6-2-7-20-42)65-63(66-62)52-28-16-32-56-57(52)51-38-37-50-49-27-15-31-55(58(49)67(59(50)60(51)69-56)46-23-8-3-9-24-46)68-53-29-12-10-25-47(53)48-26-11-13-30-54(48)68/h1-39H. The molecule has 0 aliphatic carbocycles. The molecule has 0 aliphatic heterocycles. The molecule has 0 radical (unpaired) electrons. The second-order valence-corrected chi connectivity index (χ2v) is 18.6. The van der Waals surface area contributed by atoms with E-state index in [1.165, 1.54) is 69.5 Å². The molecule has 6 heteroatoms. The first kappa shape index (κ1) is 39.2. The van der Waals surface area contributed by atoms with Gasteiger partial charge in [0, 0.05) is 59.4 Å². The Morgan fingerprint density at radius 3 is 1.51 bits per heavy atom. The Kier molecular flexibility index (Phi) is 9.00. The zero-order valence-corrected chi connectivity index (χ0v) is 38.0. The van der Waals surface area contributed by atoms with E-state index in [9.17, 15) is 0 Å². The first-order chi connectivity index (χ1) is 34.2. The highest BCUT2D eigenvalue weighted by atomic mass is 32.1. The van der Waals surface area contributed by atoms with E-state index in [2.05, 4.69) is 228 Å². The molecule has 14 aromatic rings. The molecule has 0 bridgehead atoms. The third-order valence-electron chi connectivity index (χ3n) is 13.6. The van der Waals surface area contributed by atoms with Crippen LogP contribution in [0.5, 0.6) is 0 Å². The van der Waals surface area contributed by atoms with Crippen LogP contribution in [0.3, 0.4) is 0 Å². The average Bonchev–Trinajstić information content (AvgIpc) is 4.10. The summed E-state index contributed by atoms with van der Waals surface area (Å²) in [5.41, 5.74) is 14.5. The van der Waals surface area contributed by atoms with Gasteiger partial charge in [0.05, 0.1) is 32.5 Å². The van der Waals surface area contributed by atoms with Crippen molar-refractivity contribution in [2.75, 3.05) is 0 Å². The van der Waals surface area contributed by atoms with Crippen LogP contribution in [0.25, 0.3) is 132 Å². The molecule has 0 amide bonds. The summed E-state index contributed by atoms with van der Waals surface area (Å²) in [5, 5.41) is 7.20. The van der Waals surface area contributed by atoms with Crippen molar-refractivity contribution in [3.63, 3.8) is 0 Å². The maximum atomic E-state index is 5.32. The molecule has 14 rings (SSSR count). The number of nitrogens with zero attached hydrogens (tertiary/aromatic N) is 5. The Balaban J connectivity index is 0.974. The van der Waals surface area contributed by atoms with Gasteiger partial charge in [-0.2, -0.15) is 0 Å². The molecule has 5 nitrogen and oxygen atoms in total. The number of hydrogen-bond acceptors (Lipinski definition) is 4. The van der Waals surface area contributed by atoms with Crippen LogP contribution in [0, 0.1) is 0 Å². The molecular formula is C63H39N5S. The quantitative estimate of drug-likeness (QED) is 0.160. The van der Waals surface area contributed by atoms with E-state index in [0.29, 0.717) is 17.5 Å². The van der Waals surface area contributed by atoms with Gasteiger partial charge in [-0.1, -0.05) is 194 Å². The molecule has 0 saturated heterocycles. The van der Waals surface area contributed by atoms with Crippen LogP contribution in [0.2, 0.25) is 0 Å². The number of thiophene rings is 1. The van der Waals surface area contributed by atoms with E-state index in [0.717, 1.165) is 44.6 Å². The fourth-order valence-corrected chi connectivity index (χ4v) is 11.7. The zero-order chi connectivity index (χ0) is 45.4. The van der Waals surface area contributed by atoms with Crippen molar-refractivity contribution >= 4 is 75.1 Å². The van der Waals surface area contributed by atoms with E-state index in [4.69, 9.17) is 15.0 Å². The SMILES string of the molecule is c1ccc(-c2cccc(-c3ccc(-c4nc(-c5ccccc5)nc(-c5cccc6sc7c(ccc8c9cccc(-n%10c%11ccccc%11c%11ccccc%11%10)c9n(-c9ccccc9)c87)c56)n4)cc3)c2)cc1. The second kappa shape index (κ2) is 15.8. The number of fused-ring (bicyclic) bond motifs is 10. The Morgan fingerprint density at radius 1 is 0.319 bits per heavy atom. The predicted octanol–water partition coefficient (Wildman–Crippen LogP) is 16.8. The van der Waals surface area contributed by atoms with E-state index in [1.807, 2.05) is 29.5 Å². The summed E-state index contributed by atoms with van der Waals surface area (Å²) in [5.74, 6) is 1.90. The Bertz CT molecular complexity index is 4230. The van der Waals surface area contributed by atoms with E-state index >= 15 is 0 Å². The lowest BCUT2D eigenvalue weighted by Gasteiger charge is -2.14. The van der Waals surface area contributed by atoms with Crippen molar-refractivity contribution in [2.24, 2.45) is 0 Å². The van der Waals surface area contributed by atoms with Gasteiger partial charge in [-0.15, -0.1) is 11.3 Å². The molecule has 69 heavy (non-hydrogen) atoms. The maximum Gasteiger partial charge on any atom is 0.164 e. The third kappa shape index (κ3) is 6.34. The van der Waals surface area contributed by atoms with Crippen LogP contribution in [-0.4, -0.2) is 24.1 Å². The van der Waals surface area contributed by atoms with Crippen molar-refractivity contribution < 1.29 is 0 Å². The predicted molar refractivity (Wildman–Crippen MR) is 289 cm³/mol. The number of hydrogen-bond donors (Lipinski definition) is 0. The molecule has 0 aliphatic rings. The lowest BCUT2D eigenvalue weighted by molar-refractivity contribution is 1.08. The molecule has 0 atom stereocenters. The van der Waals surface area contributed by atoms with Crippen LogP contribution in [0.1, 0.15) is 0 Å². The number of aromatic nitrogens is 5. The summed E-state index contributed by atoms with van der Waals surface area (Å²) >= 11 is 1.83. The highest BCUT2D eigenvalue weighted by Crippen LogP contribution is 2.47. The summed E-state index contributed by atoms with van der Waals surface area (Å²) in [6.07, 6.45) is 0. The largest absolute Gasteiger partial charge is 0.307 e. The first-order valence-corrected chi connectivity index (χ1v) is 24.1. The van der Waals surface area contributed by atoms with E-state index in [1.54, 1.807) is 0 Å². The van der Waals surface area contributed by atoms with Gasteiger partial charge < -0.3 is 9.13 Å². The summed E-state index contributed by atoms with van der Waals surface area (Å²) in [6, 6.07) is 84.4. The molecule has 10 aromatic carbocycles. The van der Waals surface area contributed by atoms with Crippen LogP contribution in [0.4, 0.5) is 0 Å². The van der Waals surface area contributed by atoms with Crippen molar-refractivity contribution in [1.82, 2.24) is 24.1 Å². The lowest BCUT2D eigenvalue weighted by Crippen LogP contribution is -2.00. The summed E-state index contributed by atoms with van der Waals surface area (Å²) in [6.45, 7) is 0. The minimum atomic E-state index is 0.629. The molecule has 0 fully saturated rings. The lowest BCUT2D eigenvalue weighted by atomic mass is 9.98. The van der Waals surface area contributed by atoms with Crippen molar-refractivity contribution in [3.8, 4) is 67.8 Å². The van der Waals surface area contributed by atoms with Crippen LogP contribution in [-0.2, 0) is 0 Å². The Hall–Kier alpha value is -8.97. The molecule has 0 spiro atoms. The molecule has 4 aromatic heterocycles. The van der Waals surface area contributed by atoms with E-state index < -0.39 is 0 Å².